The van der Waals surface area contributed by atoms with Crippen molar-refractivity contribution in [2.45, 2.75) is 70.9 Å². The number of hydrogen-bond acceptors (Lipinski definition) is 2. The van der Waals surface area contributed by atoms with Crippen LogP contribution in [-0.2, 0) is 0 Å². The van der Waals surface area contributed by atoms with Crippen LogP contribution in [0.2, 0.25) is 0 Å². The van der Waals surface area contributed by atoms with Gasteiger partial charge in [0, 0.05) is 18.6 Å². The van der Waals surface area contributed by atoms with Crippen LogP contribution in [0.4, 0.5) is 0 Å². The minimum Gasteiger partial charge on any atom is -0.329 e. The van der Waals surface area contributed by atoms with E-state index in [4.69, 9.17) is 5.73 Å². The number of hydrogen-bond donors (Lipinski definition) is 1. The highest BCUT2D eigenvalue weighted by atomic mass is 15.2. The lowest BCUT2D eigenvalue weighted by atomic mass is 9.85. The van der Waals surface area contributed by atoms with Gasteiger partial charge in [-0.05, 0) is 56.9 Å². The molecule has 0 bridgehead atoms. The molecule has 0 aromatic heterocycles. The molecule has 2 N–H and O–H groups in total. The molecular weight excluding hydrogens is 208 g/mol. The number of likely N-dealkylation sites (N-methyl/N-ethyl adjacent to an activating group) is 1. The van der Waals surface area contributed by atoms with Crippen molar-refractivity contribution in [2.24, 2.45) is 17.1 Å². The van der Waals surface area contributed by atoms with Gasteiger partial charge in [0.2, 0.25) is 0 Å². The zero-order valence-corrected chi connectivity index (χ0v) is 11.9. The third-order valence-corrected chi connectivity index (χ3v) is 5.05. The van der Waals surface area contributed by atoms with Crippen LogP contribution in [0.5, 0.6) is 0 Å². The average molecular weight is 238 g/mol. The van der Waals surface area contributed by atoms with Gasteiger partial charge < -0.3 is 5.73 Å². The monoisotopic (exact) mass is 238 g/mol. The molecule has 2 atom stereocenters. The number of rotatable bonds is 4. The summed E-state index contributed by atoms with van der Waals surface area (Å²) in [6.45, 7) is 5.70. The van der Waals surface area contributed by atoms with E-state index in [1.54, 1.807) is 0 Å². The molecule has 0 radical (unpaired) electrons. The van der Waals surface area contributed by atoms with Gasteiger partial charge in [-0.1, -0.05) is 20.3 Å². The van der Waals surface area contributed by atoms with E-state index >= 15 is 0 Å². The van der Waals surface area contributed by atoms with Gasteiger partial charge in [-0.15, -0.1) is 0 Å². The first-order chi connectivity index (χ1) is 8.03. The van der Waals surface area contributed by atoms with Gasteiger partial charge in [-0.3, -0.25) is 4.90 Å². The SMILES string of the molecule is CN(C1CCCC(C)(C)CC1)C(CN)C1CC1. The Kier molecular flexibility index (Phi) is 4.14. The third-order valence-electron chi connectivity index (χ3n) is 5.05. The van der Waals surface area contributed by atoms with E-state index in [9.17, 15) is 0 Å². The smallest absolute Gasteiger partial charge is 0.0246 e. The van der Waals surface area contributed by atoms with Gasteiger partial charge in [0.1, 0.15) is 0 Å². The fraction of sp³-hybridized carbons (Fsp3) is 1.00. The fourth-order valence-corrected chi connectivity index (χ4v) is 3.49. The van der Waals surface area contributed by atoms with E-state index in [0.29, 0.717) is 11.5 Å². The maximum atomic E-state index is 5.97. The van der Waals surface area contributed by atoms with Gasteiger partial charge in [0.25, 0.3) is 0 Å². The Labute approximate surface area is 107 Å². The zero-order valence-electron chi connectivity index (χ0n) is 11.9. The molecule has 2 unspecified atom stereocenters. The molecule has 2 heteroatoms. The van der Waals surface area contributed by atoms with Crippen LogP contribution < -0.4 is 5.73 Å². The molecule has 2 aliphatic carbocycles. The summed E-state index contributed by atoms with van der Waals surface area (Å²) in [6, 6.07) is 1.44. The molecule has 2 fully saturated rings. The zero-order chi connectivity index (χ0) is 12.5. The van der Waals surface area contributed by atoms with Crippen molar-refractivity contribution in [1.29, 1.82) is 0 Å². The third kappa shape index (κ3) is 3.45. The van der Waals surface area contributed by atoms with Crippen LogP contribution >= 0.6 is 0 Å². The first-order valence-corrected chi connectivity index (χ1v) is 7.45. The topological polar surface area (TPSA) is 29.3 Å². The Morgan fingerprint density at radius 2 is 1.88 bits per heavy atom. The van der Waals surface area contributed by atoms with Gasteiger partial charge in [0.05, 0.1) is 0 Å². The van der Waals surface area contributed by atoms with Crippen LogP contribution in [0.15, 0.2) is 0 Å². The lowest BCUT2D eigenvalue weighted by Crippen LogP contribution is -2.45. The van der Waals surface area contributed by atoms with E-state index in [1.807, 2.05) is 0 Å². The molecule has 0 aromatic rings. The Bertz CT molecular complexity index is 245. The molecule has 2 nitrogen and oxygen atoms in total. The molecule has 0 saturated heterocycles. The fourth-order valence-electron chi connectivity index (χ4n) is 3.49. The summed E-state index contributed by atoms with van der Waals surface area (Å²) in [7, 11) is 2.32. The minimum absolute atomic E-state index is 0.563. The average Bonchev–Trinajstić information content (AvgIpc) is 3.07. The summed E-state index contributed by atoms with van der Waals surface area (Å²) in [5.41, 5.74) is 6.53. The lowest BCUT2D eigenvalue weighted by Gasteiger charge is -2.34. The van der Waals surface area contributed by atoms with Crippen molar-refractivity contribution in [1.82, 2.24) is 4.90 Å². The second kappa shape index (κ2) is 5.27. The first-order valence-electron chi connectivity index (χ1n) is 7.45. The summed E-state index contributed by atoms with van der Waals surface area (Å²) < 4.78 is 0. The molecule has 100 valence electrons. The second-order valence-electron chi connectivity index (χ2n) is 7.05. The molecule has 0 spiro atoms. The number of nitrogens with two attached hydrogens (primary N) is 1. The molecule has 0 aromatic carbocycles. The van der Waals surface area contributed by atoms with Crippen molar-refractivity contribution < 1.29 is 0 Å². The van der Waals surface area contributed by atoms with E-state index in [-0.39, 0.29) is 0 Å². The molecule has 0 heterocycles. The Balaban J connectivity index is 1.91. The first kappa shape index (κ1) is 13.4. The van der Waals surface area contributed by atoms with Crippen molar-refractivity contribution in [2.75, 3.05) is 13.6 Å². The van der Waals surface area contributed by atoms with Crippen LogP contribution in [0.25, 0.3) is 0 Å². The summed E-state index contributed by atoms with van der Waals surface area (Å²) in [5.74, 6) is 0.904. The Hall–Kier alpha value is -0.0800. The van der Waals surface area contributed by atoms with E-state index < -0.39 is 0 Å². The summed E-state index contributed by atoms with van der Waals surface area (Å²) in [6.07, 6.45) is 9.73. The molecule has 2 rings (SSSR count). The lowest BCUT2D eigenvalue weighted by molar-refractivity contribution is 0.142. The van der Waals surface area contributed by atoms with E-state index in [0.717, 1.165) is 18.5 Å². The van der Waals surface area contributed by atoms with Gasteiger partial charge in [0.15, 0.2) is 0 Å². The number of nitrogens with zero attached hydrogens (tertiary/aromatic N) is 1. The molecule has 2 aliphatic rings. The summed E-state index contributed by atoms with van der Waals surface area (Å²) in [5, 5.41) is 0. The molecule has 2 saturated carbocycles. The van der Waals surface area contributed by atoms with E-state index in [2.05, 4.69) is 25.8 Å². The predicted molar refractivity (Wildman–Crippen MR) is 74.0 cm³/mol. The van der Waals surface area contributed by atoms with E-state index in [1.165, 1.54) is 44.9 Å². The van der Waals surface area contributed by atoms with Crippen LogP contribution in [-0.4, -0.2) is 30.6 Å². The summed E-state index contributed by atoms with van der Waals surface area (Å²) in [4.78, 5) is 2.62. The van der Waals surface area contributed by atoms with Crippen molar-refractivity contribution >= 4 is 0 Å². The predicted octanol–water partition coefficient (Wildman–Crippen LogP) is 3.01. The largest absolute Gasteiger partial charge is 0.329 e. The van der Waals surface area contributed by atoms with Gasteiger partial charge in [-0.2, -0.15) is 0 Å². The van der Waals surface area contributed by atoms with Gasteiger partial charge >= 0.3 is 0 Å². The highest BCUT2D eigenvalue weighted by Crippen LogP contribution is 2.39. The standard InChI is InChI=1S/C15H30N2/c1-15(2)9-4-5-13(8-10-15)17(3)14(11-16)12-6-7-12/h12-14H,4-11,16H2,1-3H3. The van der Waals surface area contributed by atoms with Crippen molar-refractivity contribution in [3.63, 3.8) is 0 Å². The normalized spacial score (nSPS) is 31.2. The molecular formula is C15H30N2. The highest BCUT2D eigenvalue weighted by molar-refractivity contribution is 4.91. The van der Waals surface area contributed by atoms with Crippen LogP contribution in [0, 0.1) is 11.3 Å². The minimum atomic E-state index is 0.563. The maximum absolute atomic E-state index is 5.97. The highest BCUT2D eigenvalue weighted by Gasteiger charge is 2.36. The van der Waals surface area contributed by atoms with Crippen LogP contribution in [0.3, 0.4) is 0 Å². The van der Waals surface area contributed by atoms with Crippen molar-refractivity contribution in [3.8, 4) is 0 Å². The van der Waals surface area contributed by atoms with Gasteiger partial charge in [-0.25, -0.2) is 0 Å². The quantitative estimate of drug-likeness (QED) is 0.763. The van der Waals surface area contributed by atoms with Crippen molar-refractivity contribution in [3.05, 3.63) is 0 Å². The molecule has 0 amide bonds. The maximum Gasteiger partial charge on any atom is 0.0246 e. The van der Waals surface area contributed by atoms with Crippen LogP contribution in [0.1, 0.15) is 58.8 Å². The Morgan fingerprint density at radius 3 is 2.47 bits per heavy atom. The Morgan fingerprint density at radius 1 is 1.18 bits per heavy atom. The second-order valence-corrected chi connectivity index (χ2v) is 7.05. The molecule has 0 aliphatic heterocycles. The summed E-state index contributed by atoms with van der Waals surface area (Å²) >= 11 is 0. The molecule has 17 heavy (non-hydrogen) atoms.